The van der Waals surface area contributed by atoms with Crippen molar-refractivity contribution in [3.8, 4) is 0 Å². The number of amides is 1. The average Bonchev–Trinajstić information content (AvgIpc) is 3.45. The van der Waals surface area contributed by atoms with Crippen LogP contribution in [0.4, 0.5) is 5.69 Å². The molecule has 5 heteroatoms. The number of para-hydroxylation sites is 1. The first-order valence-electron chi connectivity index (χ1n) is 10.1. The molecule has 2 aromatic carbocycles. The van der Waals surface area contributed by atoms with E-state index in [0.717, 1.165) is 34.1 Å². The predicted molar refractivity (Wildman–Crippen MR) is 115 cm³/mol. The monoisotopic (exact) mass is 401 g/mol. The molecule has 0 aliphatic heterocycles. The molecule has 0 bridgehead atoms. The number of quaternary nitrogens is 1. The highest BCUT2D eigenvalue weighted by Gasteiger charge is 2.19. The van der Waals surface area contributed by atoms with Gasteiger partial charge in [-0.25, -0.2) is 0 Å². The minimum Gasteiger partial charge on any atom is -0.463 e. The Hall–Kier alpha value is -3.57. The Labute approximate surface area is 175 Å². The molecule has 0 spiro atoms. The summed E-state index contributed by atoms with van der Waals surface area (Å²) in [7, 11) is 0. The molecule has 2 aromatic heterocycles. The van der Waals surface area contributed by atoms with Crippen molar-refractivity contribution in [2.75, 3.05) is 11.9 Å². The lowest BCUT2D eigenvalue weighted by atomic mass is 10.0. The Bertz CT molecular complexity index is 1000. The molecule has 2 heterocycles. The van der Waals surface area contributed by atoms with Crippen LogP contribution in [-0.2, 0) is 24.3 Å². The van der Waals surface area contributed by atoms with Crippen LogP contribution in [0.5, 0.6) is 0 Å². The summed E-state index contributed by atoms with van der Waals surface area (Å²) >= 11 is 0. The Morgan fingerprint density at radius 1 is 0.767 bits per heavy atom. The van der Waals surface area contributed by atoms with Crippen molar-refractivity contribution >= 4 is 11.6 Å². The normalized spacial score (nSPS) is 11.0. The lowest BCUT2D eigenvalue weighted by molar-refractivity contribution is -0.921. The standard InChI is InChI=1S/C25H24N2O3/c28-25(19-27(17-22-11-6-14-29-22)18-23-12-7-15-30-23)26-24-13-5-4-10-21(24)16-20-8-2-1-3-9-20/h1-15H,16-19H2,(H,26,28)/p+1. The Morgan fingerprint density at radius 2 is 1.40 bits per heavy atom. The molecule has 4 rings (SSSR count). The molecule has 4 aromatic rings. The maximum Gasteiger partial charge on any atom is 0.279 e. The second kappa shape index (κ2) is 9.76. The summed E-state index contributed by atoms with van der Waals surface area (Å²) in [5, 5.41) is 3.10. The maximum atomic E-state index is 12.9. The van der Waals surface area contributed by atoms with E-state index >= 15 is 0 Å². The highest BCUT2D eigenvalue weighted by Crippen LogP contribution is 2.19. The van der Waals surface area contributed by atoms with Gasteiger partial charge in [-0.3, -0.25) is 4.79 Å². The van der Waals surface area contributed by atoms with Crippen LogP contribution in [0.3, 0.4) is 0 Å². The van der Waals surface area contributed by atoms with E-state index in [0.29, 0.717) is 19.6 Å². The first-order chi connectivity index (χ1) is 14.8. The fourth-order valence-corrected chi connectivity index (χ4v) is 3.54. The summed E-state index contributed by atoms with van der Waals surface area (Å²) in [5.74, 6) is 1.64. The third-order valence-corrected chi connectivity index (χ3v) is 4.95. The summed E-state index contributed by atoms with van der Waals surface area (Å²) in [5.41, 5.74) is 3.15. The van der Waals surface area contributed by atoms with Crippen molar-refractivity contribution < 1.29 is 18.5 Å². The third kappa shape index (κ3) is 5.49. The lowest BCUT2D eigenvalue weighted by Gasteiger charge is -2.18. The Kier molecular flexibility index (Phi) is 6.42. The smallest absolute Gasteiger partial charge is 0.279 e. The van der Waals surface area contributed by atoms with Gasteiger partial charge in [0.25, 0.3) is 5.91 Å². The molecule has 0 saturated carbocycles. The number of nitrogens with one attached hydrogen (secondary N) is 2. The van der Waals surface area contributed by atoms with E-state index in [4.69, 9.17) is 8.83 Å². The van der Waals surface area contributed by atoms with Crippen LogP contribution in [-0.4, -0.2) is 12.5 Å². The second-order valence-electron chi connectivity index (χ2n) is 7.31. The number of carbonyl (C=O) groups excluding carboxylic acids is 1. The number of hydrogen-bond acceptors (Lipinski definition) is 3. The highest BCUT2D eigenvalue weighted by molar-refractivity contribution is 5.92. The number of rotatable bonds is 9. The van der Waals surface area contributed by atoms with E-state index in [2.05, 4.69) is 23.5 Å². The van der Waals surface area contributed by atoms with Gasteiger partial charge in [-0.1, -0.05) is 48.5 Å². The summed E-state index contributed by atoms with van der Waals surface area (Å²) < 4.78 is 11.0. The van der Waals surface area contributed by atoms with Gasteiger partial charge in [0.1, 0.15) is 13.1 Å². The highest BCUT2D eigenvalue weighted by atomic mass is 16.3. The Balaban J connectivity index is 1.44. The van der Waals surface area contributed by atoms with Gasteiger partial charge < -0.3 is 19.1 Å². The predicted octanol–water partition coefficient (Wildman–Crippen LogP) is 3.69. The van der Waals surface area contributed by atoms with Gasteiger partial charge in [-0.2, -0.15) is 0 Å². The van der Waals surface area contributed by atoms with Crippen molar-refractivity contribution in [1.82, 2.24) is 0 Å². The van der Waals surface area contributed by atoms with Crippen LogP contribution in [0.2, 0.25) is 0 Å². The molecular weight excluding hydrogens is 376 g/mol. The van der Waals surface area contributed by atoms with E-state index in [1.807, 2.05) is 60.7 Å². The van der Waals surface area contributed by atoms with Gasteiger partial charge in [0.2, 0.25) is 0 Å². The number of anilines is 1. The first-order valence-corrected chi connectivity index (χ1v) is 10.1. The maximum absolute atomic E-state index is 12.9. The zero-order valence-corrected chi connectivity index (χ0v) is 16.7. The van der Waals surface area contributed by atoms with E-state index in [9.17, 15) is 4.79 Å². The summed E-state index contributed by atoms with van der Waals surface area (Å²) in [6.45, 7) is 1.51. The van der Waals surface area contributed by atoms with Crippen LogP contribution < -0.4 is 10.2 Å². The fourth-order valence-electron chi connectivity index (χ4n) is 3.54. The van der Waals surface area contributed by atoms with Crippen molar-refractivity contribution in [3.63, 3.8) is 0 Å². The molecule has 30 heavy (non-hydrogen) atoms. The molecule has 152 valence electrons. The minimum absolute atomic E-state index is 0.0383. The molecule has 0 aliphatic carbocycles. The van der Waals surface area contributed by atoms with Crippen LogP contribution in [0.1, 0.15) is 22.6 Å². The van der Waals surface area contributed by atoms with Gasteiger partial charge >= 0.3 is 0 Å². The fraction of sp³-hybridized carbons (Fsp3) is 0.160. The minimum atomic E-state index is -0.0383. The van der Waals surface area contributed by atoms with Crippen LogP contribution >= 0.6 is 0 Å². The zero-order chi connectivity index (χ0) is 20.6. The molecule has 2 N–H and O–H groups in total. The van der Waals surface area contributed by atoms with Gasteiger partial charge in [-0.15, -0.1) is 0 Å². The summed E-state index contributed by atoms with van der Waals surface area (Å²) in [6, 6.07) is 25.8. The van der Waals surface area contributed by atoms with Gasteiger partial charge in [0.05, 0.1) is 12.5 Å². The topological polar surface area (TPSA) is 59.8 Å². The molecule has 0 fully saturated rings. The van der Waals surface area contributed by atoms with E-state index < -0.39 is 0 Å². The van der Waals surface area contributed by atoms with E-state index in [-0.39, 0.29) is 5.91 Å². The van der Waals surface area contributed by atoms with E-state index in [1.165, 1.54) is 5.56 Å². The molecule has 1 amide bonds. The molecule has 0 atom stereocenters. The molecule has 0 saturated heterocycles. The number of hydrogen-bond donors (Lipinski definition) is 2. The molecule has 0 radical (unpaired) electrons. The zero-order valence-electron chi connectivity index (χ0n) is 16.7. The number of benzene rings is 2. The molecular formula is C25H25N2O3+. The van der Waals surface area contributed by atoms with Crippen LogP contribution in [0.25, 0.3) is 0 Å². The SMILES string of the molecule is O=C(C[NH+](Cc1ccco1)Cc1ccco1)Nc1ccccc1Cc1ccccc1. The quantitative estimate of drug-likeness (QED) is 0.450. The lowest BCUT2D eigenvalue weighted by Crippen LogP contribution is -3.10. The van der Waals surface area contributed by atoms with Crippen molar-refractivity contribution in [1.29, 1.82) is 0 Å². The van der Waals surface area contributed by atoms with Gasteiger partial charge in [0, 0.05) is 5.69 Å². The van der Waals surface area contributed by atoms with Crippen molar-refractivity contribution in [2.45, 2.75) is 19.5 Å². The van der Waals surface area contributed by atoms with Crippen molar-refractivity contribution in [3.05, 3.63) is 114 Å². The molecule has 0 unspecified atom stereocenters. The second-order valence-corrected chi connectivity index (χ2v) is 7.31. The third-order valence-electron chi connectivity index (χ3n) is 4.95. The number of carbonyl (C=O) groups is 1. The largest absolute Gasteiger partial charge is 0.463 e. The van der Waals surface area contributed by atoms with Crippen LogP contribution in [0.15, 0.2) is 100 Å². The van der Waals surface area contributed by atoms with E-state index in [1.54, 1.807) is 12.5 Å². The Morgan fingerprint density at radius 3 is 2.03 bits per heavy atom. The molecule has 5 nitrogen and oxygen atoms in total. The summed E-state index contributed by atoms with van der Waals surface area (Å²) in [6.07, 6.45) is 4.08. The van der Waals surface area contributed by atoms with Crippen molar-refractivity contribution in [2.24, 2.45) is 0 Å². The van der Waals surface area contributed by atoms with Crippen LogP contribution in [0, 0.1) is 0 Å². The van der Waals surface area contributed by atoms with Gasteiger partial charge in [0.15, 0.2) is 18.1 Å². The number of furan rings is 2. The molecule has 0 aliphatic rings. The van der Waals surface area contributed by atoms with Gasteiger partial charge in [-0.05, 0) is 47.9 Å². The summed E-state index contributed by atoms with van der Waals surface area (Å²) in [4.78, 5) is 13.9. The average molecular weight is 401 g/mol. The first kappa shape index (κ1) is 19.7.